The van der Waals surface area contributed by atoms with Gasteiger partial charge in [-0.25, -0.2) is 0 Å². The number of nitrogens with two attached hydrogens (primary N) is 2. The Bertz CT molecular complexity index is 895. The summed E-state index contributed by atoms with van der Waals surface area (Å²) in [5.41, 5.74) is 11.5. The summed E-state index contributed by atoms with van der Waals surface area (Å²) >= 11 is 0. The number of hydrogen-bond acceptors (Lipinski definition) is 15. The summed E-state index contributed by atoms with van der Waals surface area (Å²) in [4.78, 5) is 11.2. The molecule has 4 saturated heterocycles. The maximum absolute atomic E-state index is 11.2. The standard InChI is InChI=1S/C15H44N2O13Si9/c1-31(18,14-10-12-16)19-33(3)22-36(6)24-34(4)20-32(2,15-11-13-17)21-35(5)25-37(7,23-33)29-39(9,28-36)30-38(8,26-34)27-35/h18H,10-17H2,1-9H3/t31?,32?,33?,34-,35?,36-,37?,38?,39?/m0/s1. The second-order valence-electron chi connectivity index (χ2n) is 11.4. The lowest BCUT2D eigenvalue weighted by molar-refractivity contribution is 0.0110. The molecule has 4 heterocycles. The van der Waals surface area contributed by atoms with E-state index in [9.17, 15) is 4.80 Å². The van der Waals surface area contributed by atoms with E-state index in [2.05, 4.69) is 0 Å². The average Bonchev–Trinajstić information content (AvgIpc) is 2.63. The van der Waals surface area contributed by atoms with Crippen LogP contribution in [0.1, 0.15) is 12.8 Å². The molecule has 7 unspecified atom stereocenters. The Balaban J connectivity index is 1.86. The molecular weight excluding hydrogens is 669 g/mol. The second kappa shape index (κ2) is 10.8. The second-order valence-corrected chi connectivity index (χ2v) is 38.8. The van der Waals surface area contributed by atoms with Gasteiger partial charge in [0.2, 0.25) is 0 Å². The van der Waals surface area contributed by atoms with Crippen molar-refractivity contribution in [3.05, 3.63) is 0 Å². The third-order valence-corrected chi connectivity index (χ3v) is 45.1. The van der Waals surface area contributed by atoms with Crippen molar-refractivity contribution in [2.24, 2.45) is 11.5 Å². The molecule has 6 bridgehead atoms. The van der Waals surface area contributed by atoms with Gasteiger partial charge in [-0.3, -0.25) is 0 Å². The van der Waals surface area contributed by atoms with Gasteiger partial charge >= 0.3 is 78.8 Å². The van der Waals surface area contributed by atoms with Crippen molar-refractivity contribution in [3.63, 3.8) is 0 Å². The van der Waals surface area contributed by atoms with Crippen molar-refractivity contribution >= 4 is 78.8 Å². The molecule has 0 aromatic rings. The molecule has 4 rings (SSSR count). The quantitative estimate of drug-likeness (QED) is 0.304. The molecule has 24 heteroatoms. The third kappa shape index (κ3) is 7.90. The summed E-state index contributed by atoms with van der Waals surface area (Å²) in [5, 5.41) is 0. The van der Waals surface area contributed by atoms with Crippen LogP contribution in [0.4, 0.5) is 0 Å². The normalized spacial score (nSPS) is 51.7. The summed E-state index contributed by atoms with van der Waals surface area (Å²) in [7, 11) is -32.1. The van der Waals surface area contributed by atoms with Gasteiger partial charge in [-0.05, 0) is 51.1 Å². The minimum absolute atomic E-state index is 0.390. The van der Waals surface area contributed by atoms with Gasteiger partial charge in [0, 0.05) is 45.8 Å². The molecule has 0 amide bonds. The van der Waals surface area contributed by atoms with Crippen molar-refractivity contribution in [2.45, 2.75) is 83.9 Å². The molecule has 4 aliphatic rings. The fourth-order valence-corrected chi connectivity index (χ4v) is 54.2. The number of rotatable bonds is 8. The van der Waals surface area contributed by atoms with Crippen LogP contribution in [0.5, 0.6) is 0 Å². The monoisotopic (exact) mass is 712 g/mol. The van der Waals surface area contributed by atoms with Gasteiger partial charge in [-0.2, -0.15) is 0 Å². The molecule has 0 radical (unpaired) electrons. The Hall–Kier alpha value is 1.35. The molecule has 0 spiro atoms. The smallest absolute Gasteiger partial charge is 0.411 e. The van der Waals surface area contributed by atoms with Crippen LogP contribution in [-0.4, -0.2) is 96.6 Å². The summed E-state index contributed by atoms with van der Waals surface area (Å²) in [6.07, 6.45) is 1.25. The fourth-order valence-electron chi connectivity index (χ4n) is 5.68. The highest BCUT2D eigenvalue weighted by atomic mass is 28.6. The van der Waals surface area contributed by atoms with Crippen LogP contribution < -0.4 is 11.5 Å². The zero-order valence-corrected chi connectivity index (χ0v) is 33.2. The Morgan fingerprint density at radius 1 is 0.564 bits per heavy atom. The van der Waals surface area contributed by atoms with E-state index in [1.165, 1.54) is 0 Å². The van der Waals surface area contributed by atoms with Gasteiger partial charge in [-0.1, -0.05) is 0 Å². The minimum Gasteiger partial charge on any atom is -0.411 e. The Morgan fingerprint density at radius 2 is 0.897 bits per heavy atom. The molecule has 5 N–H and O–H groups in total. The van der Waals surface area contributed by atoms with Crippen LogP contribution in [0.2, 0.25) is 71.0 Å². The van der Waals surface area contributed by atoms with Crippen molar-refractivity contribution in [3.8, 4) is 0 Å². The summed E-state index contributed by atoms with van der Waals surface area (Å²) in [6, 6.07) is 0.950. The molecule has 0 aliphatic carbocycles. The maximum atomic E-state index is 11.2. The van der Waals surface area contributed by atoms with Crippen LogP contribution in [-0.2, 0) is 49.4 Å². The van der Waals surface area contributed by atoms with Crippen LogP contribution in [0.3, 0.4) is 0 Å². The van der Waals surface area contributed by atoms with Crippen LogP contribution in [0, 0.1) is 0 Å². The molecule has 4 fully saturated rings. The van der Waals surface area contributed by atoms with Crippen molar-refractivity contribution in [1.29, 1.82) is 0 Å². The lowest BCUT2D eigenvalue weighted by Crippen LogP contribution is -2.83. The van der Waals surface area contributed by atoms with E-state index in [0.717, 1.165) is 0 Å². The van der Waals surface area contributed by atoms with Gasteiger partial charge in [0.05, 0.1) is 0 Å². The minimum atomic E-state index is -3.78. The molecule has 15 nitrogen and oxygen atoms in total. The van der Waals surface area contributed by atoms with Gasteiger partial charge in [0.25, 0.3) is 0 Å². The number of fused-ring (bicyclic) bond motifs is 4. The largest absolute Gasteiger partial charge is 0.475 e. The SMILES string of the molecule is C[Si](O)(CCCN)O[Si]1(C)O[Si]2(C)O[Si]3(C)O[Si](C)(CCCN)O[Si@]4(C)O[Si](C)(O3)O[Si](C)(O2)O[Si@@](C)(O1)O4. The predicted molar refractivity (Wildman–Crippen MR) is 157 cm³/mol. The molecule has 4 aliphatic heterocycles. The number of hydrogen-bond donors (Lipinski definition) is 3. The zero-order valence-electron chi connectivity index (χ0n) is 24.2. The molecule has 228 valence electrons. The summed E-state index contributed by atoms with van der Waals surface area (Å²) < 4.78 is 79.8. The molecule has 39 heavy (non-hydrogen) atoms. The maximum Gasteiger partial charge on any atom is 0.475 e. The first kappa shape index (κ1) is 33.2. The van der Waals surface area contributed by atoms with Gasteiger partial charge < -0.3 is 65.6 Å². The first-order chi connectivity index (χ1) is 17.6. The first-order valence-corrected chi connectivity index (χ1v) is 33.8. The van der Waals surface area contributed by atoms with E-state index < -0.39 is 78.8 Å². The van der Waals surface area contributed by atoms with Crippen LogP contribution >= 0.6 is 0 Å². The van der Waals surface area contributed by atoms with Crippen molar-refractivity contribution < 1.29 is 54.2 Å². The highest BCUT2D eigenvalue weighted by Crippen LogP contribution is 2.45. The van der Waals surface area contributed by atoms with E-state index in [1.54, 1.807) is 52.4 Å². The lowest BCUT2D eigenvalue weighted by atomic mass is 10.5. The molecular formula is C15H44N2O13Si9. The zero-order chi connectivity index (χ0) is 29.2. The van der Waals surface area contributed by atoms with Crippen molar-refractivity contribution in [1.82, 2.24) is 0 Å². The third-order valence-electron chi connectivity index (χ3n) is 6.22. The Labute approximate surface area is 240 Å². The molecule has 9 atom stereocenters. The van der Waals surface area contributed by atoms with Crippen LogP contribution in [0.15, 0.2) is 0 Å². The van der Waals surface area contributed by atoms with Gasteiger partial charge in [0.15, 0.2) is 0 Å². The van der Waals surface area contributed by atoms with E-state index >= 15 is 0 Å². The van der Waals surface area contributed by atoms with E-state index in [1.807, 2.05) is 6.55 Å². The molecule has 0 aromatic carbocycles. The first-order valence-electron chi connectivity index (χ1n) is 13.1. The van der Waals surface area contributed by atoms with Crippen molar-refractivity contribution in [2.75, 3.05) is 13.1 Å². The highest BCUT2D eigenvalue weighted by Gasteiger charge is 2.75. The Kier molecular flexibility index (Phi) is 9.17. The fraction of sp³-hybridized carbons (Fsp3) is 1.00. The highest BCUT2D eigenvalue weighted by molar-refractivity contribution is 7.00. The van der Waals surface area contributed by atoms with E-state index in [-0.39, 0.29) is 0 Å². The van der Waals surface area contributed by atoms with Crippen LogP contribution in [0.25, 0.3) is 0 Å². The predicted octanol–water partition coefficient (Wildman–Crippen LogP) is 1.05. The Morgan fingerprint density at radius 3 is 1.26 bits per heavy atom. The molecule has 0 saturated carbocycles. The average molecular weight is 713 g/mol. The summed E-state index contributed by atoms with van der Waals surface area (Å²) in [5.74, 6) is 0. The topological polar surface area (TPSA) is 183 Å². The van der Waals surface area contributed by atoms with E-state index in [4.69, 9.17) is 60.8 Å². The lowest BCUT2D eigenvalue weighted by Gasteiger charge is -2.58. The van der Waals surface area contributed by atoms with Gasteiger partial charge in [0.1, 0.15) is 0 Å². The summed E-state index contributed by atoms with van der Waals surface area (Å²) in [6.45, 7) is 16.6. The molecule has 0 aromatic heterocycles. The van der Waals surface area contributed by atoms with Gasteiger partial charge in [-0.15, -0.1) is 0 Å². The van der Waals surface area contributed by atoms with E-state index in [0.29, 0.717) is 38.0 Å².